The van der Waals surface area contributed by atoms with Crippen LogP contribution in [0.2, 0.25) is 0 Å². The molecule has 3 rings (SSSR count). The van der Waals surface area contributed by atoms with Gasteiger partial charge < -0.3 is 5.32 Å². The number of hydrogen-bond donors (Lipinski definition) is 1. The second-order valence-corrected chi connectivity index (χ2v) is 6.82. The molecule has 120 valence electrons. The molecule has 0 amide bonds. The fourth-order valence-electron chi connectivity index (χ4n) is 2.47. The zero-order valence-corrected chi connectivity index (χ0v) is 14.7. The minimum Gasteiger partial charge on any atom is -0.361 e. The van der Waals surface area contributed by atoms with Gasteiger partial charge in [-0.3, -0.25) is 0 Å². The van der Waals surface area contributed by atoms with Gasteiger partial charge in [-0.05, 0) is 57.0 Å². The predicted octanol–water partition coefficient (Wildman–Crippen LogP) is 4.08. The summed E-state index contributed by atoms with van der Waals surface area (Å²) in [5.74, 6) is 1.49. The molecule has 0 aliphatic heterocycles. The third-order valence-electron chi connectivity index (χ3n) is 3.76. The first-order valence-electron chi connectivity index (χ1n) is 7.79. The Kier molecular flexibility index (Phi) is 4.43. The van der Waals surface area contributed by atoms with Crippen LogP contribution in [0.4, 0.5) is 5.82 Å². The van der Waals surface area contributed by atoms with Crippen molar-refractivity contribution in [2.75, 3.05) is 5.32 Å². The molecule has 0 saturated heterocycles. The summed E-state index contributed by atoms with van der Waals surface area (Å²) in [6, 6.07) is 8.28. The Morgan fingerprint density at radius 2 is 2.04 bits per heavy atom. The molecule has 0 spiro atoms. The van der Waals surface area contributed by atoms with Crippen molar-refractivity contribution in [3.8, 4) is 5.82 Å². The van der Waals surface area contributed by atoms with Crippen LogP contribution >= 0.6 is 11.3 Å². The van der Waals surface area contributed by atoms with Gasteiger partial charge in [0.25, 0.3) is 0 Å². The Balaban J connectivity index is 1.72. The van der Waals surface area contributed by atoms with E-state index in [1.807, 2.05) is 42.7 Å². The maximum Gasteiger partial charge on any atom is 0.175 e. The molecular formula is C17H21N5S. The first-order chi connectivity index (χ1) is 11.1. The van der Waals surface area contributed by atoms with E-state index < -0.39 is 0 Å². The van der Waals surface area contributed by atoms with Gasteiger partial charge in [0.15, 0.2) is 5.82 Å². The maximum atomic E-state index is 4.34. The summed E-state index contributed by atoms with van der Waals surface area (Å²) in [5.41, 5.74) is 2.33. The van der Waals surface area contributed by atoms with Crippen LogP contribution in [-0.2, 0) is 6.42 Å². The molecule has 1 N–H and O–H groups in total. The summed E-state index contributed by atoms with van der Waals surface area (Å²) in [4.78, 5) is 2.78. The fraction of sp³-hybridized carbons (Fsp3) is 0.353. The van der Waals surface area contributed by atoms with Gasteiger partial charge in [0.05, 0.1) is 11.7 Å². The molecule has 1 unspecified atom stereocenters. The second-order valence-electron chi connectivity index (χ2n) is 5.65. The lowest BCUT2D eigenvalue weighted by Crippen LogP contribution is -2.08. The number of nitrogens with zero attached hydrogens (tertiary/aromatic N) is 4. The molecule has 0 aromatic carbocycles. The van der Waals surface area contributed by atoms with Crippen LogP contribution in [0, 0.1) is 13.8 Å². The van der Waals surface area contributed by atoms with Crippen LogP contribution in [0.5, 0.6) is 0 Å². The van der Waals surface area contributed by atoms with Crippen molar-refractivity contribution < 1.29 is 0 Å². The van der Waals surface area contributed by atoms with Crippen LogP contribution in [0.1, 0.15) is 40.9 Å². The number of aryl methyl sites for hydroxylation is 3. The van der Waals surface area contributed by atoms with E-state index >= 15 is 0 Å². The summed E-state index contributed by atoms with van der Waals surface area (Å²) < 4.78 is 1.73. The number of anilines is 1. The lowest BCUT2D eigenvalue weighted by Gasteiger charge is -2.12. The highest BCUT2D eigenvalue weighted by atomic mass is 32.1. The summed E-state index contributed by atoms with van der Waals surface area (Å²) >= 11 is 1.86. The standard InChI is InChI=1S/C17H21N5S/c1-5-14-11(2)10-15(23-14)13(4)18-16-6-7-17(20-19-16)22-9-8-12(3)21-22/h6-10,13H,5H2,1-4H3,(H,18,19). The number of rotatable bonds is 5. The molecular weight excluding hydrogens is 306 g/mol. The number of aromatic nitrogens is 4. The average Bonchev–Trinajstić information content (AvgIpc) is 3.14. The number of hydrogen-bond acceptors (Lipinski definition) is 5. The molecule has 1 atom stereocenters. The molecule has 0 radical (unpaired) electrons. The zero-order chi connectivity index (χ0) is 16.4. The molecule has 0 aliphatic rings. The van der Waals surface area contributed by atoms with Gasteiger partial charge in [-0.25, -0.2) is 4.68 Å². The van der Waals surface area contributed by atoms with Crippen molar-refractivity contribution in [1.82, 2.24) is 20.0 Å². The minimum absolute atomic E-state index is 0.214. The lowest BCUT2D eigenvalue weighted by molar-refractivity contribution is 0.797. The summed E-state index contributed by atoms with van der Waals surface area (Å²) in [6.07, 6.45) is 2.97. The van der Waals surface area contributed by atoms with Gasteiger partial charge in [0.1, 0.15) is 5.82 Å². The molecule has 23 heavy (non-hydrogen) atoms. The van der Waals surface area contributed by atoms with Crippen molar-refractivity contribution in [3.63, 3.8) is 0 Å². The first-order valence-corrected chi connectivity index (χ1v) is 8.60. The minimum atomic E-state index is 0.214. The summed E-state index contributed by atoms with van der Waals surface area (Å²) in [5, 5.41) is 16.3. The third-order valence-corrected chi connectivity index (χ3v) is 5.32. The fourth-order valence-corrected chi connectivity index (χ4v) is 3.59. The number of nitrogens with one attached hydrogen (secondary N) is 1. The van der Waals surface area contributed by atoms with E-state index in [0.717, 1.165) is 23.8 Å². The molecule has 3 heterocycles. The van der Waals surface area contributed by atoms with Crippen molar-refractivity contribution >= 4 is 17.2 Å². The molecule has 0 saturated carbocycles. The largest absolute Gasteiger partial charge is 0.361 e. The lowest BCUT2D eigenvalue weighted by atomic mass is 10.2. The second kappa shape index (κ2) is 6.50. The van der Waals surface area contributed by atoms with Gasteiger partial charge in [-0.1, -0.05) is 6.92 Å². The van der Waals surface area contributed by atoms with Crippen LogP contribution in [-0.4, -0.2) is 20.0 Å². The van der Waals surface area contributed by atoms with Crippen LogP contribution in [0.25, 0.3) is 5.82 Å². The number of thiophene rings is 1. The Bertz CT molecular complexity index is 788. The Morgan fingerprint density at radius 1 is 1.22 bits per heavy atom. The normalized spacial score (nSPS) is 12.3. The maximum absolute atomic E-state index is 4.34. The molecule has 5 nitrogen and oxygen atoms in total. The van der Waals surface area contributed by atoms with Crippen molar-refractivity contribution in [2.24, 2.45) is 0 Å². The molecule has 0 fully saturated rings. The molecule has 3 aromatic rings. The highest BCUT2D eigenvalue weighted by molar-refractivity contribution is 7.12. The van der Waals surface area contributed by atoms with E-state index in [4.69, 9.17) is 0 Å². The Labute approximate surface area is 140 Å². The molecule has 3 aromatic heterocycles. The van der Waals surface area contributed by atoms with Crippen molar-refractivity contribution in [2.45, 2.75) is 40.2 Å². The Hall–Kier alpha value is -2.21. The van der Waals surface area contributed by atoms with Gasteiger partial charge in [0, 0.05) is 16.0 Å². The van der Waals surface area contributed by atoms with Crippen LogP contribution in [0.3, 0.4) is 0 Å². The molecule has 0 bridgehead atoms. The Morgan fingerprint density at radius 3 is 2.61 bits per heavy atom. The highest BCUT2D eigenvalue weighted by Crippen LogP contribution is 2.29. The SMILES string of the molecule is CCc1sc(C(C)Nc2ccc(-n3ccc(C)n3)nn2)cc1C. The van der Waals surface area contributed by atoms with Gasteiger partial charge >= 0.3 is 0 Å². The van der Waals surface area contributed by atoms with Gasteiger partial charge in [0.2, 0.25) is 0 Å². The summed E-state index contributed by atoms with van der Waals surface area (Å²) in [7, 11) is 0. The zero-order valence-electron chi connectivity index (χ0n) is 13.9. The van der Waals surface area contributed by atoms with E-state index in [9.17, 15) is 0 Å². The quantitative estimate of drug-likeness (QED) is 0.767. The van der Waals surface area contributed by atoms with E-state index in [2.05, 4.69) is 47.5 Å². The van der Waals surface area contributed by atoms with E-state index in [1.54, 1.807) is 4.68 Å². The average molecular weight is 327 g/mol. The van der Waals surface area contributed by atoms with E-state index in [-0.39, 0.29) is 6.04 Å². The van der Waals surface area contributed by atoms with E-state index in [0.29, 0.717) is 0 Å². The smallest absolute Gasteiger partial charge is 0.175 e. The third kappa shape index (κ3) is 3.42. The topological polar surface area (TPSA) is 55.6 Å². The van der Waals surface area contributed by atoms with Gasteiger partial charge in [-0.2, -0.15) is 5.10 Å². The molecule has 0 aliphatic carbocycles. The van der Waals surface area contributed by atoms with E-state index in [1.165, 1.54) is 15.3 Å². The first kappa shape index (κ1) is 15.7. The van der Waals surface area contributed by atoms with Crippen LogP contribution < -0.4 is 5.32 Å². The van der Waals surface area contributed by atoms with Crippen LogP contribution in [0.15, 0.2) is 30.5 Å². The van der Waals surface area contributed by atoms with Crippen molar-refractivity contribution in [1.29, 1.82) is 0 Å². The van der Waals surface area contributed by atoms with Crippen molar-refractivity contribution in [3.05, 3.63) is 51.5 Å². The predicted molar refractivity (Wildman–Crippen MR) is 94.4 cm³/mol. The van der Waals surface area contributed by atoms with Gasteiger partial charge in [-0.15, -0.1) is 21.5 Å². The monoisotopic (exact) mass is 327 g/mol. The summed E-state index contributed by atoms with van der Waals surface area (Å²) in [6.45, 7) is 8.47. The molecule has 6 heteroatoms. The highest BCUT2D eigenvalue weighted by Gasteiger charge is 2.12.